The molecule has 0 aliphatic carbocycles. The molecule has 0 bridgehead atoms. The summed E-state index contributed by atoms with van der Waals surface area (Å²) < 4.78 is 0. The molecular weight excluding hydrogens is 148 g/mol. The quantitative estimate of drug-likeness (QED) is 0.358. The van der Waals surface area contributed by atoms with Crippen LogP contribution < -0.4 is 10.8 Å². The number of nitrogens with one attached hydrogen (secondary N) is 2. The lowest BCUT2D eigenvalue weighted by Gasteiger charge is -2.06. The molecule has 0 amide bonds. The molecule has 0 unspecified atom stereocenters. The first-order chi connectivity index (χ1) is 4.81. The summed E-state index contributed by atoms with van der Waals surface area (Å²) in [5.41, 5.74) is 2.54. The van der Waals surface area contributed by atoms with Crippen molar-refractivity contribution in [2.45, 2.75) is 6.92 Å². The Hall–Kier alpha value is -0.610. The van der Waals surface area contributed by atoms with E-state index < -0.39 is 0 Å². The molecule has 0 fully saturated rings. The fourth-order valence-electron chi connectivity index (χ4n) is 0.339. The van der Waals surface area contributed by atoms with Gasteiger partial charge in [0.05, 0.1) is 6.61 Å². The predicted octanol–water partition coefficient (Wildman–Crippen LogP) is 0.588. The van der Waals surface area contributed by atoms with Gasteiger partial charge in [-0.3, -0.25) is 4.84 Å². The van der Waals surface area contributed by atoms with Crippen molar-refractivity contribution in [3.8, 4) is 0 Å². The molecule has 0 aromatic rings. The van der Waals surface area contributed by atoms with Gasteiger partial charge in [0.1, 0.15) is 0 Å². The maximum absolute atomic E-state index is 4.80. The first-order valence-corrected chi connectivity index (χ1v) is 3.48. The van der Waals surface area contributed by atoms with Crippen LogP contribution in [0.1, 0.15) is 6.92 Å². The summed E-state index contributed by atoms with van der Waals surface area (Å²) in [7, 11) is 0. The molecule has 4 heteroatoms. The summed E-state index contributed by atoms with van der Waals surface area (Å²) in [6.07, 6.45) is 1.72. The van der Waals surface area contributed by atoms with Crippen LogP contribution in [0.25, 0.3) is 0 Å². The van der Waals surface area contributed by atoms with Crippen LogP contribution in [0.2, 0.25) is 0 Å². The zero-order chi connectivity index (χ0) is 7.82. The summed E-state index contributed by atoms with van der Waals surface area (Å²) in [5.74, 6) is 0. The number of hydrogen-bond donors (Lipinski definition) is 2. The third-order valence-corrected chi connectivity index (χ3v) is 0.944. The highest BCUT2D eigenvalue weighted by molar-refractivity contribution is 7.80. The van der Waals surface area contributed by atoms with Gasteiger partial charge in [0.2, 0.25) is 0 Å². The molecular formula is C6H12N2OS. The summed E-state index contributed by atoms with van der Waals surface area (Å²) in [4.78, 5) is 4.80. The highest BCUT2D eigenvalue weighted by atomic mass is 32.1. The van der Waals surface area contributed by atoms with E-state index in [1.807, 2.05) is 6.92 Å². The predicted molar refractivity (Wildman–Crippen MR) is 45.6 cm³/mol. The smallest absolute Gasteiger partial charge is 0.190 e. The second-order valence-corrected chi connectivity index (χ2v) is 1.94. The van der Waals surface area contributed by atoms with Gasteiger partial charge >= 0.3 is 0 Å². The second-order valence-electron chi connectivity index (χ2n) is 1.53. The minimum absolute atomic E-state index is 0.488. The van der Waals surface area contributed by atoms with E-state index >= 15 is 0 Å². The van der Waals surface area contributed by atoms with Crippen LogP contribution in [0.4, 0.5) is 0 Å². The third kappa shape index (κ3) is 5.53. The number of rotatable bonds is 4. The molecule has 0 aliphatic heterocycles. The lowest BCUT2D eigenvalue weighted by Crippen LogP contribution is -2.35. The maximum Gasteiger partial charge on any atom is 0.190 e. The molecule has 0 atom stereocenters. The van der Waals surface area contributed by atoms with Gasteiger partial charge in [-0.25, -0.2) is 5.48 Å². The van der Waals surface area contributed by atoms with E-state index in [1.54, 1.807) is 6.08 Å². The van der Waals surface area contributed by atoms with Gasteiger partial charge in [-0.1, -0.05) is 6.08 Å². The molecule has 2 N–H and O–H groups in total. The molecule has 0 spiro atoms. The van der Waals surface area contributed by atoms with Crippen LogP contribution in [0.15, 0.2) is 12.7 Å². The van der Waals surface area contributed by atoms with Crippen molar-refractivity contribution in [2.24, 2.45) is 0 Å². The third-order valence-electron chi connectivity index (χ3n) is 0.716. The topological polar surface area (TPSA) is 33.3 Å². The molecule has 0 aliphatic rings. The molecule has 0 aromatic heterocycles. The highest BCUT2D eigenvalue weighted by Crippen LogP contribution is 1.68. The Morgan fingerprint density at radius 3 is 3.00 bits per heavy atom. The van der Waals surface area contributed by atoms with Gasteiger partial charge in [0.15, 0.2) is 5.11 Å². The van der Waals surface area contributed by atoms with E-state index in [4.69, 9.17) is 17.1 Å². The molecule has 10 heavy (non-hydrogen) atoms. The first-order valence-electron chi connectivity index (χ1n) is 3.07. The number of hydrogen-bond acceptors (Lipinski definition) is 2. The van der Waals surface area contributed by atoms with E-state index in [0.29, 0.717) is 18.3 Å². The molecule has 0 heterocycles. The van der Waals surface area contributed by atoms with Crippen molar-refractivity contribution in [3.05, 3.63) is 12.7 Å². The van der Waals surface area contributed by atoms with Crippen LogP contribution in [0.3, 0.4) is 0 Å². The van der Waals surface area contributed by atoms with Gasteiger partial charge in [-0.2, -0.15) is 0 Å². The average molecular weight is 160 g/mol. The fraction of sp³-hybridized carbons (Fsp3) is 0.500. The SMILES string of the molecule is C=CCNC(=S)NOCC. The first kappa shape index (κ1) is 9.39. The summed E-state index contributed by atoms with van der Waals surface area (Å²) in [5, 5.41) is 3.33. The Morgan fingerprint density at radius 2 is 2.50 bits per heavy atom. The normalized spacial score (nSPS) is 8.50. The van der Waals surface area contributed by atoms with E-state index in [-0.39, 0.29) is 0 Å². The Morgan fingerprint density at radius 1 is 1.80 bits per heavy atom. The Kier molecular flexibility index (Phi) is 6.11. The monoisotopic (exact) mass is 160 g/mol. The van der Waals surface area contributed by atoms with Crippen LogP contribution in [-0.4, -0.2) is 18.3 Å². The van der Waals surface area contributed by atoms with Gasteiger partial charge in [-0.15, -0.1) is 6.58 Å². The molecule has 3 nitrogen and oxygen atoms in total. The zero-order valence-electron chi connectivity index (χ0n) is 6.02. The molecule has 0 saturated heterocycles. The molecule has 0 rings (SSSR count). The van der Waals surface area contributed by atoms with E-state index in [2.05, 4.69) is 17.4 Å². The average Bonchev–Trinajstić information content (AvgIpc) is 1.97. The van der Waals surface area contributed by atoms with Crippen molar-refractivity contribution in [3.63, 3.8) is 0 Å². The van der Waals surface area contributed by atoms with Gasteiger partial charge in [0.25, 0.3) is 0 Å². The van der Waals surface area contributed by atoms with E-state index in [1.165, 1.54) is 0 Å². The minimum Gasteiger partial charge on any atom is -0.358 e. The fourth-order valence-corrected chi connectivity index (χ4v) is 0.481. The maximum atomic E-state index is 4.80. The van der Waals surface area contributed by atoms with Gasteiger partial charge in [-0.05, 0) is 19.1 Å². The Balaban J connectivity index is 3.16. The lowest BCUT2D eigenvalue weighted by molar-refractivity contribution is 0.0964. The zero-order valence-corrected chi connectivity index (χ0v) is 6.83. The molecule has 58 valence electrons. The summed E-state index contributed by atoms with van der Waals surface area (Å²) in [6, 6.07) is 0. The van der Waals surface area contributed by atoms with Crippen molar-refractivity contribution < 1.29 is 4.84 Å². The van der Waals surface area contributed by atoms with Gasteiger partial charge < -0.3 is 5.32 Å². The van der Waals surface area contributed by atoms with Crippen molar-refractivity contribution >= 4 is 17.3 Å². The van der Waals surface area contributed by atoms with Crippen LogP contribution in [0.5, 0.6) is 0 Å². The summed E-state index contributed by atoms with van der Waals surface area (Å²) in [6.45, 7) is 6.65. The van der Waals surface area contributed by atoms with Crippen LogP contribution in [-0.2, 0) is 4.84 Å². The van der Waals surface area contributed by atoms with E-state index in [0.717, 1.165) is 0 Å². The molecule has 0 radical (unpaired) electrons. The van der Waals surface area contributed by atoms with Crippen molar-refractivity contribution in [2.75, 3.05) is 13.2 Å². The van der Waals surface area contributed by atoms with Crippen LogP contribution in [0, 0.1) is 0 Å². The Labute approximate surface area is 66.4 Å². The molecule has 0 aromatic carbocycles. The number of thiocarbonyl (C=S) groups is 1. The number of hydroxylamine groups is 1. The lowest BCUT2D eigenvalue weighted by atomic mass is 10.6. The largest absolute Gasteiger partial charge is 0.358 e. The van der Waals surface area contributed by atoms with Crippen LogP contribution >= 0.6 is 12.2 Å². The second kappa shape index (κ2) is 6.51. The molecule has 0 saturated carbocycles. The highest BCUT2D eigenvalue weighted by Gasteiger charge is 1.88. The Bertz CT molecular complexity index is 116. The van der Waals surface area contributed by atoms with E-state index in [9.17, 15) is 0 Å². The van der Waals surface area contributed by atoms with Gasteiger partial charge in [0, 0.05) is 6.54 Å². The summed E-state index contributed by atoms with van der Waals surface area (Å²) >= 11 is 4.79. The standard InChI is InChI=1S/C6H12N2OS/c1-3-5-7-6(10)8-9-4-2/h3H,1,4-5H2,2H3,(H2,7,8,10). The minimum atomic E-state index is 0.488. The van der Waals surface area contributed by atoms with Crippen molar-refractivity contribution in [1.29, 1.82) is 0 Å². The van der Waals surface area contributed by atoms with Crippen molar-refractivity contribution in [1.82, 2.24) is 10.8 Å².